The first kappa shape index (κ1) is 22.9. The second-order valence-electron chi connectivity index (χ2n) is 9.68. The Kier molecular flexibility index (Phi) is 5.78. The summed E-state index contributed by atoms with van der Waals surface area (Å²) in [7, 11) is 0. The topological polar surface area (TPSA) is 105 Å². The van der Waals surface area contributed by atoms with Crippen LogP contribution < -0.4 is 10.2 Å². The van der Waals surface area contributed by atoms with Gasteiger partial charge in [-0.3, -0.25) is 0 Å². The van der Waals surface area contributed by atoms with Gasteiger partial charge in [0.15, 0.2) is 15.6 Å². The first-order chi connectivity index (χ1) is 16.9. The molecule has 2 fully saturated rings. The number of carbonyl (C=O) groups is 1. The summed E-state index contributed by atoms with van der Waals surface area (Å²) in [5, 5.41) is 16.8. The molecule has 0 radical (unpaired) electrons. The molecule has 0 bridgehead atoms. The molecule has 2 atom stereocenters. The zero-order valence-electron chi connectivity index (χ0n) is 19.1. The molecule has 35 heavy (non-hydrogen) atoms. The van der Waals surface area contributed by atoms with Gasteiger partial charge in [-0.05, 0) is 72.7 Å². The normalized spacial score (nSPS) is 23.5. The van der Waals surface area contributed by atoms with E-state index in [4.69, 9.17) is 9.72 Å². The van der Waals surface area contributed by atoms with Crippen molar-refractivity contribution in [3.63, 3.8) is 0 Å². The summed E-state index contributed by atoms with van der Waals surface area (Å²) in [6, 6.07) is 4.46. The molecule has 2 saturated heterocycles. The van der Waals surface area contributed by atoms with Crippen molar-refractivity contribution in [2.75, 3.05) is 24.6 Å². The maximum atomic E-state index is 14.7. The van der Waals surface area contributed by atoms with Crippen molar-refractivity contribution in [1.82, 2.24) is 25.1 Å². The number of benzene rings is 1. The molecule has 3 aliphatic rings. The smallest absolute Gasteiger partial charge is 0.405 e. The Morgan fingerprint density at radius 2 is 2.11 bits per heavy atom. The lowest BCUT2D eigenvalue weighted by molar-refractivity contribution is -0.0372. The second kappa shape index (κ2) is 8.84. The fourth-order valence-corrected chi connectivity index (χ4v) is 6.59. The first-order valence-electron chi connectivity index (χ1n) is 12.0. The lowest BCUT2D eigenvalue weighted by atomic mass is 9.72. The van der Waals surface area contributed by atoms with Crippen LogP contribution in [0.2, 0.25) is 0 Å². The van der Waals surface area contributed by atoms with Crippen molar-refractivity contribution >= 4 is 45.7 Å². The molecule has 11 heteroatoms. The Morgan fingerprint density at radius 3 is 2.86 bits per heavy atom. The minimum atomic E-state index is -1.13. The molecule has 9 nitrogen and oxygen atoms in total. The molecule has 1 amide bonds. The van der Waals surface area contributed by atoms with E-state index in [2.05, 4.69) is 42.9 Å². The van der Waals surface area contributed by atoms with Gasteiger partial charge in [0.1, 0.15) is 17.2 Å². The average Bonchev–Trinajstić information content (AvgIpc) is 3.35. The van der Waals surface area contributed by atoms with Crippen molar-refractivity contribution in [2.24, 2.45) is 5.41 Å². The Hall–Kier alpha value is -2.54. The highest BCUT2D eigenvalue weighted by Gasteiger charge is 2.49. The maximum absolute atomic E-state index is 14.7. The summed E-state index contributed by atoms with van der Waals surface area (Å²) < 4.78 is 23.3. The molecule has 3 aromatic rings. The molecular weight excluding hydrogens is 566 g/mol. The van der Waals surface area contributed by atoms with E-state index >= 15 is 0 Å². The third-order valence-electron chi connectivity index (χ3n) is 7.72. The van der Waals surface area contributed by atoms with Gasteiger partial charge in [-0.1, -0.05) is 12.1 Å². The van der Waals surface area contributed by atoms with Gasteiger partial charge in [0.05, 0.1) is 12.2 Å². The summed E-state index contributed by atoms with van der Waals surface area (Å²) >= 11 is 2.19. The van der Waals surface area contributed by atoms with Crippen molar-refractivity contribution in [1.29, 1.82) is 0 Å². The van der Waals surface area contributed by atoms with E-state index in [0.717, 1.165) is 52.1 Å². The number of aromatic nitrogens is 4. The minimum Gasteiger partial charge on any atom is -0.465 e. The molecule has 2 aromatic heterocycles. The number of halogens is 2. The summed E-state index contributed by atoms with van der Waals surface area (Å²) in [5.41, 5.74) is 2.52. The van der Waals surface area contributed by atoms with Crippen molar-refractivity contribution in [3.05, 3.63) is 45.0 Å². The van der Waals surface area contributed by atoms with E-state index in [9.17, 15) is 14.3 Å². The van der Waals surface area contributed by atoms with Gasteiger partial charge >= 0.3 is 6.09 Å². The van der Waals surface area contributed by atoms with Crippen LogP contribution in [0.15, 0.2) is 24.4 Å². The second-order valence-corrected chi connectivity index (χ2v) is 10.7. The van der Waals surface area contributed by atoms with E-state index in [1.807, 2.05) is 10.7 Å². The molecule has 4 heterocycles. The monoisotopic (exact) mass is 592 g/mol. The molecule has 2 N–H and O–H groups in total. The number of hydrogen-bond donors (Lipinski definition) is 2. The van der Waals surface area contributed by atoms with Gasteiger partial charge in [-0.15, -0.1) is 0 Å². The van der Waals surface area contributed by atoms with Crippen molar-refractivity contribution in [2.45, 2.75) is 50.8 Å². The first-order valence-corrected chi connectivity index (χ1v) is 13.1. The van der Waals surface area contributed by atoms with E-state index in [1.54, 1.807) is 12.3 Å². The van der Waals surface area contributed by atoms with Crippen LogP contribution >= 0.6 is 22.6 Å². The van der Waals surface area contributed by atoms with Crippen LogP contribution in [0.25, 0.3) is 11.2 Å². The fourth-order valence-electron chi connectivity index (χ4n) is 5.98. The number of fused-ring (bicyclic) bond motifs is 2. The van der Waals surface area contributed by atoms with E-state index in [-0.39, 0.29) is 17.5 Å². The van der Waals surface area contributed by atoms with Crippen LogP contribution in [0, 0.1) is 14.9 Å². The number of nitrogens with one attached hydrogen (secondary N) is 1. The quantitative estimate of drug-likeness (QED) is 0.434. The predicted octanol–water partition coefficient (Wildman–Crippen LogP) is 4.42. The predicted molar refractivity (Wildman–Crippen MR) is 135 cm³/mol. The number of amides is 1. The van der Waals surface area contributed by atoms with Crippen LogP contribution in [-0.4, -0.2) is 50.6 Å². The van der Waals surface area contributed by atoms with Gasteiger partial charge in [0.25, 0.3) is 0 Å². The molecule has 184 valence electrons. The largest absolute Gasteiger partial charge is 0.465 e. The number of anilines is 1. The molecule has 2 aliphatic heterocycles. The van der Waals surface area contributed by atoms with Crippen LogP contribution in [-0.2, 0) is 11.2 Å². The summed E-state index contributed by atoms with van der Waals surface area (Å²) in [4.78, 5) is 23.4. The highest BCUT2D eigenvalue weighted by Crippen LogP contribution is 2.53. The van der Waals surface area contributed by atoms with Gasteiger partial charge < -0.3 is 20.1 Å². The third kappa shape index (κ3) is 3.92. The standard InChI is InChI=1S/C24H26FIN6O3/c25-15-5-3-4-14-12-24(20(18(14)15)29-23(33)34)7-9-31(10-8-24)16-13-27-19-21(26)30-32(22(19)28-16)17-6-1-2-11-35-17/h3-5,13,17,20,29H,1-2,6-12H2,(H,33,34)/t17?,20-/m1/s1. The number of carboxylic acid groups (broad SMARTS) is 1. The van der Waals surface area contributed by atoms with Crippen molar-refractivity contribution < 1.29 is 19.0 Å². The molecule has 6 rings (SSSR count). The van der Waals surface area contributed by atoms with Gasteiger partial charge in [-0.2, -0.15) is 5.10 Å². The van der Waals surface area contributed by atoms with Crippen LogP contribution in [0.5, 0.6) is 0 Å². The maximum Gasteiger partial charge on any atom is 0.405 e. The highest BCUT2D eigenvalue weighted by molar-refractivity contribution is 14.1. The number of nitrogens with zero attached hydrogens (tertiary/aromatic N) is 5. The van der Waals surface area contributed by atoms with Gasteiger partial charge in [0, 0.05) is 30.7 Å². The van der Waals surface area contributed by atoms with E-state index < -0.39 is 12.1 Å². The zero-order chi connectivity index (χ0) is 24.2. The third-order valence-corrected chi connectivity index (χ3v) is 8.44. The molecule has 1 aromatic carbocycles. The molecule has 1 unspecified atom stereocenters. The van der Waals surface area contributed by atoms with Crippen LogP contribution in [0.3, 0.4) is 0 Å². The molecule has 1 spiro atoms. The molecule has 0 saturated carbocycles. The number of rotatable bonds is 3. The molecule has 1 aliphatic carbocycles. The lowest BCUT2D eigenvalue weighted by Gasteiger charge is -2.43. The number of hydrogen-bond acceptors (Lipinski definition) is 6. The van der Waals surface area contributed by atoms with Gasteiger partial charge in [-0.25, -0.2) is 23.8 Å². The SMILES string of the molecule is O=C(O)N[C@@H]1c2c(F)cccc2CC12CCN(c1cnc3c(I)nn(C4CCCCO4)c3n1)CC2. The lowest BCUT2D eigenvalue weighted by Crippen LogP contribution is -2.47. The van der Waals surface area contributed by atoms with Crippen LogP contribution in [0.4, 0.5) is 15.0 Å². The van der Waals surface area contributed by atoms with E-state index in [1.165, 1.54) is 6.07 Å². The Morgan fingerprint density at radius 1 is 1.29 bits per heavy atom. The average molecular weight is 592 g/mol. The highest BCUT2D eigenvalue weighted by atomic mass is 127. The summed E-state index contributed by atoms with van der Waals surface area (Å²) in [6.45, 7) is 2.08. The van der Waals surface area contributed by atoms with E-state index in [0.29, 0.717) is 37.9 Å². The Labute approximate surface area is 215 Å². The minimum absolute atomic E-state index is 0.126. The van der Waals surface area contributed by atoms with Crippen LogP contribution in [0.1, 0.15) is 55.5 Å². The Bertz CT molecular complexity index is 1290. The number of piperidine rings is 1. The molecular formula is C24H26FIN6O3. The summed E-state index contributed by atoms with van der Waals surface area (Å²) in [5.74, 6) is 0.426. The summed E-state index contributed by atoms with van der Waals surface area (Å²) in [6.07, 6.45) is 5.68. The fraction of sp³-hybridized carbons (Fsp3) is 0.500. The van der Waals surface area contributed by atoms with Gasteiger partial charge in [0.2, 0.25) is 0 Å². The zero-order valence-corrected chi connectivity index (χ0v) is 21.2. The van der Waals surface area contributed by atoms with Crippen molar-refractivity contribution in [3.8, 4) is 0 Å². The Balaban J connectivity index is 1.27. The number of ether oxygens (including phenoxy) is 1.